The molecule has 1 aliphatic rings. The Balaban J connectivity index is 1.40. The highest BCUT2D eigenvalue weighted by atomic mass is 19.1. The Morgan fingerprint density at radius 2 is 2.15 bits per heavy atom. The molecule has 8 heteroatoms. The van der Waals surface area contributed by atoms with Gasteiger partial charge in [0.15, 0.2) is 0 Å². The molecule has 4 rings (SSSR count). The summed E-state index contributed by atoms with van der Waals surface area (Å²) in [6, 6.07) is 6.33. The van der Waals surface area contributed by atoms with E-state index in [2.05, 4.69) is 20.3 Å². The van der Waals surface area contributed by atoms with Gasteiger partial charge < -0.3 is 16.0 Å². The van der Waals surface area contributed by atoms with Crippen LogP contribution in [0.25, 0.3) is 10.9 Å². The predicted octanol–water partition coefficient (Wildman–Crippen LogP) is 1.89. The molecule has 3 aromatic rings. The number of aromatic amines is 2. The minimum Gasteiger partial charge on any atom is -0.369 e. The highest BCUT2D eigenvalue weighted by Gasteiger charge is 2.33. The van der Waals surface area contributed by atoms with Crippen LogP contribution in [0.2, 0.25) is 0 Å². The number of benzene rings is 1. The number of aromatic nitrogens is 3. The van der Waals surface area contributed by atoms with E-state index in [9.17, 15) is 14.0 Å². The van der Waals surface area contributed by atoms with Crippen molar-refractivity contribution < 1.29 is 9.18 Å². The van der Waals surface area contributed by atoms with Gasteiger partial charge >= 0.3 is 0 Å². The SMILES string of the molecule is Cc1[nH]c2c(F)cccc2c1CC(=O)NC1CC(c2cc(=O)[nH]c(N)n2)C1. The molecule has 1 saturated carbocycles. The molecule has 27 heavy (non-hydrogen) atoms. The van der Waals surface area contributed by atoms with Crippen molar-refractivity contribution in [2.24, 2.45) is 0 Å². The fraction of sp³-hybridized carbons (Fsp3) is 0.316. The lowest BCUT2D eigenvalue weighted by molar-refractivity contribution is -0.121. The molecule has 2 aromatic heterocycles. The van der Waals surface area contributed by atoms with Crippen LogP contribution in [0.4, 0.5) is 10.3 Å². The second-order valence-electron chi connectivity index (χ2n) is 7.06. The third kappa shape index (κ3) is 3.30. The zero-order valence-corrected chi connectivity index (χ0v) is 14.8. The van der Waals surface area contributed by atoms with Crippen LogP contribution in [0.1, 0.15) is 35.7 Å². The Labute approximate surface area is 154 Å². The number of carbonyl (C=O) groups excluding carboxylic acids is 1. The lowest BCUT2D eigenvalue weighted by Crippen LogP contribution is -2.44. The van der Waals surface area contributed by atoms with Crippen LogP contribution in [0, 0.1) is 12.7 Å². The average Bonchev–Trinajstić information content (AvgIpc) is 2.87. The molecule has 1 amide bonds. The summed E-state index contributed by atoms with van der Waals surface area (Å²) in [6.45, 7) is 1.84. The molecule has 0 atom stereocenters. The first-order valence-corrected chi connectivity index (χ1v) is 8.82. The van der Waals surface area contributed by atoms with Crippen molar-refractivity contribution in [1.82, 2.24) is 20.3 Å². The van der Waals surface area contributed by atoms with Crippen LogP contribution in [0.15, 0.2) is 29.1 Å². The number of para-hydroxylation sites is 1. The molecule has 0 saturated heterocycles. The monoisotopic (exact) mass is 369 g/mol. The van der Waals surface area contributed by atoms with E-state index in [4.69, 9.17) is 5.73 Å². The topological polar surface area (TPSA) is 117 Å². The van der Waals surface area contributed by atoms with Crippen molar-refractivity contribution in [2.75, 3.05) is 5.73 Å². The van der Waals surface area contributed by atoms with Crippen molar-refractivity contribution in [3.63, 3.8) is 0 Å². The summed E-state index contributed by atoms with van der Waals surface area (Å²) in [7, 11) is 0. The Bertz CT molecular complexity index is 1080. The molecular formula is C19H20FN5O2. The van der Waals surface area contributed by atoms with Gasteiger partial charge in [-0.2, -0.15) is 0 Å². The van der Waals surface area contributed by atoms with E-state index in [0.717, 1.165) is 16.6 Å². The Morgan fingerprint density at radius 1 is 1.37 bits per heavy atom. The molecule has 1 aliphatic carbocycles. The second kappa shape index (κ2) is 6.53. The molecule has 2 heterocycles. The van der Waals surface area contributed by atoms with Gasteiger partial charge in [0.1, 0.15) is 5.82 Å². The van der Waals surface area contributed by atoms with Crippen LogP contribution in [0.5, 0.6) is 0 Å². The number of halogens is 1. The number of nitrogens with zero attached hydrogens (tertiary/aromatic N) is 1. The molecule has 0 bridgehead atoms. The van der Waals surface area contributed by atoms with Crippen LogP contribution >= 0.6 is 0 Å². The minimum absolute atomic E-state index is 0.0343. The number of nitrogen functional groups attached to an aromatic ring is 1. The first kappa shape index (κ1) is 17.3. The van der Waals surface area contributed by atoms with E-state index >= 15 is 0 Å². The molecule has 140 valence electrons. The quantitative estimate of drug-likeness (QED) is 0.562. The summed E-state index contributed by atoms with van der Waals surface area (Å²) in [5.74, 6) is -0.213. The average molecular weight is 369 g/mol. The van der Waals surface area contributed by atoms with Crippen molar-refractivity contribution in [3.05, 3.63) is 57.4 Å². The van der Waals surface area contributed by atoms with Gasteiger partial charge in [0, 0.05) is 29.1 Å². The number of hydrogen-bond donors (Lipinski definition) is 4. The summed E-state index contributed by atoms with van der Waals surface area (Å²) < 4.78 is 13.9. The molecule has 0 aliphatic heterocycles. The van der Waals surface area contributed by atoms with Crippen molar-refractivity contribution in [2.45, 2.75) is 38.1 Å². The fourth-order valence-corrected chi connectivity index (χ4v) is 3.72. The highest BCUT2D eigenvalue weighted by molar-refractivity contribution is 5.90. The zero-order chi connectivity index (χ0) is 19.1. The molecule has 7 nitrogen and oxygen atoms in total. The first-order chi connectivity index (χ1) is 12.9. The highest BCUT2D eigenvalue weighted by Crippen LogP contribution is 2.35. The number of H-pyrrole nitrogens is 2. The van der Waals surface area contributed by atoms with Gasteiger partial charge in [-0.15, -0.1) is 0 Å². The lowest BCUT2D eigenvalue weighted by Gasteiger charge is -2.35. The number of rotatable bonds is 4. The number of fused-ring (bicyclic) bond motifs is 1. The number of nitrogens with one attached hydrogen (secondary N) is 3. The van der Waals surface area contributed by atoms with Crippen LogP contribution in [-0.2, 0) is 11.2 Å². The van der Waals surface area contributed by atoms with Crippen LogP contribution in [-0.4, -0.2) is 26.9 Å². The van der Waals surface area contributed by atoms with Crippen molar-refractivity contribution >= 4 is 22.8 Å². The molecule has 1 fully saturated rings. The number of nitrogens with two attached hydrogens (primary N) is 1. The maximum absolute atomic E-state index is 13.9. The van der Waals surface area contributed by atoms with Gasteiger partial charge in [-0.1, -0.05) is 12.1 Å². The summed E-state index contributed by atoms with van der Waals surface area (Å²) in [6.07, 6.45) is 1.61. The molecule has 0 radical (unpaired) electrons. The Kier molecular flexibility index (Phi) is 4.18. The van der Waals surface area contributed by atoms with E-state index < -0.39 is 0 Å². The zero-order valence-electron chi connectivity index (χ0n) is 14.8. The largest absolute Gasteiger partial charge is 0.369 e. The predicted molar refractivity (Wildman–Crippen MR) is 99.9 cm³/mol. The normalized spacial score (nSPS) is 19.0. The first-order valence-electron chi connectivity index (χ1n) is 8.82. The summed E-state index contributed by atoms with van der Waals surface area (Å²) in [5, 5.41) is 3.73. The number of anilines is 1. The number of aryl methyl sites for hydroxylation is 1. The van der Waals surface area contributed by atoms with E-state index in [1.807, 2.05) is 13.0 Å². The Hall–Kier alpha value is -3.16. The van der Waals surface area contributed by atoms with Crippen molar-refractivity contribution in [3.8, 4) is 0 Å². The van der Waals surface area contributed by atoms with Gasteiger partial charge in [-0.05, 0) is 31.4 Å². The summed E-state index contributed by atoms with van der Waals surface area (Å²) in [4.78, 5) is 33.5. The van der Waals surface area contributed by atoms with Crippen LogP contribution < -0.4 is 16.6 Å². The number of carbonyl (C=O) groups is 1. The molecule has 0 spiro atoms. The molecule has 0 unspecified atom stereocenters. The number of amides is 1. The van der Waals surface area contributed by atoms with E-state index in [0.29, 0.717) is 24.1 Å². The second-order valence-corrected chi connectivity index (χ2v) is 7.06. The van der Waals surface area contributed by atoms with Gasteiger partial charge in [-0.25, -0.2) is 9.37 Å². The molecule has 1 aromatic carbocycles. The van der Waals surface area contributed by atoms with Gasteiger partial charge in [0.25, 0.3) is 5.56 Å². The van der Waals surface area contributed by atoms with E-state index in [-0.39, 0.29) is 41.6 Å². The van der Waals surface area contributed by atoms with Gasteiger partial charge in [-0.3, -0.25) is 14.6 Å². The van der Waals surface area contributed by atoms with Crippen molar-refractivity contribution in [1.29, 1.82) is 0 Å². The lowest BCUT2D eigenvalue weighted by atomic mass is 9.78. The maximum atomic E-state index is 13.9. The molecular weight excluding hydrogens is 349 g/mol. The third-order valence-corrected chi connectivity index (χ3v) is 5.14. The van der Waals surface area contributed by atoms with Gasteiger partial charge in [0.2, 0.25) is 11.9 Å². The minimum atomic E-state index is -0.325. The third-order valence-electron chi connectivity index (χ3n) is 5.14. The van der Waals surface area contributed by atoms with Gasteiger partial charge in [0.05, 0.1) is 17.6 Å². The maximum Gasteiger partial charge on any atom is 0.252 e. The Morgan fingerprint density at radius 3 is 2.89 bits per heavy atom. The molecule has 5 N–H and O–H groups in total. The smallest absolute Gasteiger partial charge is 0.252 e. The van der Waals surface area contributed by atoms with E-state index in [1.54, 1.807) is 6.07 Å². The van der Waals surface area contributed by atoms with E-state index in [1.165, 1.54) is 12.1 Å². The summed E-state index contributed by atoms with van der Waals surface area (Å²) >= 11 is 0. The standard InChI is InChI=1S/C19H20FN5O2/c1-9-13(12-3-2-4-14(20)18(12)22-9)7-16(26)23-11-5-10(6-11)15-8-17(27)25-19(21)24-15/h2-4,8,10-11,22H,5-7H2,1H3,(H,23,26)(H3,21,24,25,27). The summed E-state index contributed by atoms with van der Waals surface area (Å²) in [5.41, 5.74) is 7.99. The van der Waals surface area contributed by atoms with Crippen LogP contribution in [0.3, 0.4) is 0 Å². The fourth-order valence-electron chi connectivity index (χ4n) is 3.72. The number of hydrogen-bond acceptors (Lipinski definition) is 4.